The number of rotatable bonds is 6. The van der Waals surface area contributed by atoms with E-state index in [1.807, 2.05) is 0 Å². The molecule has 1 saturated heterocycles. The molecule has 0 radical (unpaired) electrons. The van der Waals surface area contributed by atoms with E-state index in [2.05, 4.69) is 57.5 Å². The first-order valence-electron chi connectivity index (χ1n) is 6.99. The number of halogens is 1. The molecule has 0 saturated carbocycles. The van der Waals surface area contributed by atoms with Crippen LogP contribution in [0.1, 0.15) is 18.4 Å². The lowest BCUT2D eigenvalue weighted by Crippen LogP contribution is -2.39. The molecular weight excluding hydrogens is 304 g/mol. The van der Waals surface area contributed by atoms with Gasteiger partial charge in [-0.2, -0.15) is 0 Å². The van der Waals surface area contributed by atoms with Crippen molar-refractivity contribution in [1.82, 2.24) is 10.2 Å². The summed E-state index contributed by atoms with van der Waals surface area (Å²) in [5.41, 5.74) is 1.34. The van der Waals surface area contributed by atoms with Gasteiger partial charge >= 0.3 is 0 Å². The molecule has 1 fully saturated rings. The summed E-state index contributed by atoms with van der Waals surface area (Å²) in [6.07, 6.45) is 2.29. The standard InChI is InChI=1S/C15H23BrN2O/c1-18(12-13-4-2-3-5-15(13)16)9-8-17-14-6-10-19-11-7-14/h2-5,14,17H,6-12H2,1H3. The number of likely N-dealkylation sites (N-methyl/N-ethyl adjacent to an activating group) is 1. The second-order valence-corrected chi connectivity index (χ2v) is 6.02. The van der Waals surface area contributed by atoms with Crippen LogP contribution >= 0.6 is 15.9 Å². The lowest BCUT2D eigenvalue weighted by atomic mass is 10.1. The Kier molecular flexibility index (Phi) is 6.31. The number of benzene rings is 1. The van der Waals surface area contributed by atoms with Gasteiger partial charge in [0, 0.05) is 43.4 Å². The largest absolute Gasteiger partial charge is 0.381 e. The van der Waals surface area contributed by atoms with E-state index < -0.39 is 0 Å². The van der Waals surface area contributed by atoms with Gasteiger partial charge in [-0.1, -0.05) is 34.1 Å². The molecule has 2 rings (SSSR count). The van der Waals surface area contributed by atoms with Gasteiger partial charge in [-0.3, -0.25) is 0 Å². The number of hydrogen-bond acceptors (Lipinski definition) is 3. The number of nitrogens with zero attached hydrogens (tertiary/aromatic N) is 1. The van der Waals surface area contributed by atoms with E-state index in [1.54, 1.807) is 0 Å². The van der Waals surface area contributed by atoms with E-state index in [9.17, 15) is 0 Å². The minimum Gasteiger partial charge on any atom is -0.381 e. The molecule has 0 atom stereocenters. The van der Waals surface area contributed by atoms with E-state index in [-0.39, 0.29) is 0 Å². The average Bonchev–Trinajstić information content (AvgIpc) is 2.43. The molecule has 1 aromatic rings. The van der Waals surface area contributed by atoms with E-state index >= 15 is 0 Å². The molecular formula is C15H23BrN2O. The van der Waals surface area contributed by atoms with Crippen LogP contribution in [0.5, 0.6) is 0 Å². The highest BCUT2D eigenvalue weighted by atomic mass is 79.9. The Morgan fingerprint density at radius 2 is 2.05 bits per heavy atom. The van der Waals surface area contributed by atoms with Crippen LogP contribution in [0.2, 0.25) is 0 Å². The van der Waals surface area contributed by atoms with Crippen LogP contribution in [-0.4, -0.2) is 44.3 Å². The highest BCUT2D eigenvalue weighted by molar-refractivity contribution is 9.10. The van der Waals surface area contributed by atoms with Gasteiger partial charge in [0.25, 0.3) is 0 Å². The second-order valence-electron chi connectivity index (χ2n) is 5.17. The van der Waals surface area contributed by atoms with Crippen LogP contribution < -0.4 is 5.32 Å². The Labute approximate surface area is 124 Å². The highest BCUT2D eigenvalue weighted by Crippen LogP contribution is 2.17. The maximum atomic E-state index is 5.36. The van der Waals surface area contributed by atoms with E-state index in [0.29, 0.717) is 6.04 Å². The number of hydrogen-bond donors (Lipinski definition) is 1. The summed E-state index contributed by atoms with van der Waals surface area (Å²) in [5.74, 6) is 0. The van der Waals surface area contributed by atoms with E-state index in [0.717, 1.165) is 45.7 Å². The Balaban J connectivity index is 1.67. The van der Waals surface area contributed by atoms with Gasteiger partial charge in [0.15, 0.2) is 0 Å². The average molecular weight is 327 g/mol. The molecule has 0 bridgehead atoms. The molecule has 0 unspecified atom stereocenters. The zero-order valence-corrected chi connectivity index (χ0v) is 13.2. The molecule has 0 aliphatic carbocycles. The summed E-state index contributed by atoms with van der Waals surface area (Å²) in [6.45, 7) is 4.91. The van der Waals surface area contributed by atoms with Gasteiger partial charge in [-0.15, -0.1) is 0 Å². The lowest BCUT2D eigenvalue weighted by molar-refractivity contribution is 0.0774. The van der Waals surface area contributed by atoms with Crippen LogP contribution in [0.15, 0.2) is 28.7 Å². The molecule has 0 amide bonds. The van der Waals surface area contributed by atoms with Crippen LogP contribution in [0.4, 0.5) is 0 Å². The van der Waals surface area contributed by atoms with E-state index in [1.165, 1.54) is 10.0 Å². The number of nitrogens with one attached hydrogen (secondary N) is 1. The molecule has 1 aliphatic heterocycles. The van der Waals surface area contributed by atoms with Crippen LogP contribution in [-0.2, 0) is 11.3 Å². The van der Waals surface area contributed by atoms with Crippen molar-refractivity contribution < 1.29 is 4.74 Å². The molecule has 106 valence electrons. The summed E-state index contributed by atoms with van der Waals surface area (Å²) in [4.78, 5) is 2.35. The third-order valence-electron chi connectivity index (χ3n) is 3.55. The maximum absolute atomic E-state index is 5.36. The lowest BCUT2D eigenvalue weighted by Gasteiger charge is -2.25. The van der Waals surface area contributed by atoms with Crippen molar-refractivity contribution in [3.63, 3.8) is 0 Å². The van der Waals surface area contributed by atoms with Gasteiger partial charge in [0.1, 0.15) is 0 Å². The molecule has 1 aromatic carbocycles. The summed E-state index contributed by atoms with van der Waals surface area (Å²) < 4.78 is 6.56. The Hall–Kier alpha value is -0.420. The maximum Gasteiger partial charge on any atom is 0.0480 e. The molecule has 0 aromatic heterocycles. The minimum absolute atomic E-state index is 0.644. The predicted octanol–water partition coefficient (Wildman–Crippen LogP) is 2.65. The van der Waals surface area contributed by atoms with Crippen molar-refractivity contribution in [2.75, 3.05) is 33.4 Å². The zero-order valence-electron chi connectivity index (χ0n) is 11.6. The fourth-order valence-electron chi connectivity index (χ4n) is 2.36. The molecule has 19 heavy (non-hydrogen) atoms. The molecule has 1 aliphatic rings. The first kappa shape index (κ1) is 15.0. The van der Waals surface area contributed by atoms with Crippen molar-refractivity contribution in [3.8, 4) is 0 Å². The fourth-order valence-corrected chi connectivity index (χ4v) is 2.77. The summed E-state index contributed by atoms with van der Waals surface area (Å²) >= 11 is 3.60. The first-order valence-corrected chi connectivity index (χ1v) is 7.78. The van der Waals surface area contributed by atoms with Crippen molar-refractivity contribution in [2.45, 2.75) is 25.4 Å². The predicted molar refractivity (Wildman–Crippen MR) is 82.3 cm³/mol. The molecule has 3 nitrogen and oxygen atoms in total. The van der Waals surface area contributed by atoms with Gasteiger partial charge < -0.3 is 15.0 Å². The quantitative estimate of drug-likeness (QED) is 0.869. The minimum atomic E-state index is 0.644. The zero-order chi connectivity index (χ0) is 13.5. The molecule has 1 N–H and O–H groups in total. The smallest absolute Gasteiger partial charge is 0.0480 e. The van der Waals surface area contributed by atoms with Gasteiger partial charge in [0.2, 0.25) is 0 Å². The Morgan fingerprint density at radius 3 is 2.79 bits per heavy atom. The Bertz CT molecular complexity index is 380. The molecule has 1 heterocycles. The highest BCUT2D eigenvalue weighted by Gasteiger charge is 2.12. The topological polar surface area (TPSA) is 24.5 Å². The normalized spacial score (nSPS) is 17.0. The summed E-state index contributed by atoms with van der Waals surface area (Å²) in [7, 11) is 2.17. The van der Waals surface area contributed by atoms with Crippen molar-refractivity contribution >= 4 is 15.9 Å². The summed E-state index contributed by atoms with van der Waals surface area (Å²) in [5, 5.41) is 3.62. The van der Waals surface area contributed by atoms with Crippen LogP contribution in [0.3, 0.4) is 0 Å². The van der Waals surface area contributed by atoms with Crippen LogP contribution in [0.25, 0.3) is 0 Å². The van der Waals surface area contributed by atoms with E-state index in [4.69, 9.17) is 4.74 Å². The molecule has 4 heteroatoms. The van der Waals surface area contributed by atoms with Gasteiger partial charge in [-0.25, -0.2) is 0 Å². The Morgan fingerprint density at radius 1 is 1.32 bits per heavy atom. The third kappa shape index (κ3) is 5.22. The fraction of sp³-hybridized carbons (Fsp3) is 0.600. The SMILES string of the molecule is CN(CCNC1CCOCC1)Cc1ccccc1Br. The van der Waals surface area contributed by atoms with Crippen LogP contribution in [0, 0.1) is 0 Å². The monoisotopic (exact) mass is 326 g/mol. The third-order valence-corrected chi connectivity index (χ3v) is 4.32. The molecule has 0 spiro atoms. The van der Waals surface area contributed by atoms with Gasteiger partial charge in [-0.05, 0) is 31.5 Å². The van der Waals surface area contributed by atoms with Crippen molar-refractivity contribution in [3.05, 3.63) is 34.3 Å². The van der Waals surface area contributed by atoms with Crippen molar-refractivity contribution in [2.24, 2.45) is 0 Å². The van der Waals surface area contributed by atoms with Gasteiger partial charge in [0.05, 0.1) is 0 Å². The first-order chi connectivity index (χ1) is 9.25. The summed E-state index contributed by atoms with van der Waals surface area (Å²) in [6, 6.07) is 9.07. The number of ether oxygens (including phenoxy) is 1. The second kappa shape index (κ2) is 8.00. The van der Waals surface area contributed by atoms with Crippen molar-refractivity contribution in [1.29, 1.82) is 0 Å².